The second-order valence-electron chi connectivity index (χ2n) is 6.97. The van der Waals surface area contributed by atoms with Crippen LogP contribution in [0.4, 0.5) is 4.79 Å². The number of imide groups is 1. The van der Waals surface area contributed by atoms with E-state index in [-0.39, 0.29) is 18.2 Å². The van der Waals surface area contributed by atoms with Gasteiger partial charge in [-0.2, -0.15) is 0 Å². The van der Waals surface area contributed by atoms with Gasteiger partial charge in [0.15, 0.2) is 10.9 Å². The molecule has 2 aromatic heterocycles. The molecule has 1 N–H and O–H groups in total. The van der Waals surface area contributed by atoms with Crippen LogP contribution in [0, 0.1) is 13.8 Å². The molecule has 136 valence electrons. The summed E-state index contributed by atoms with van der Waals surface area (Å²) in [6.07, 6.45) is 4.86. The summed E-state index contributed by atoms with van der Waals surface area (Å²) in [5.74, 6) is -0.499. The zero-order chi connectivity index (χ0) is 18.5. The fraction of sp³-hybridized carbons (Fsp3) is 0.444. The topological polar surface area (TPSA) is 84.3 Å². The molecule has 1 saturated carbocycles. The van der Waals surface area contributed by atoms with Crippen molar-refractivity contribution in [2.24, 2.45) is 0 Å². The molecule has 3 amide bonds. The van der Waals surface area contributed by atoms with Crippen LogP contribution in [0.2, 0.25) is 0 Å². The predicted octanol–water partition coefficient (Wildman–Crippen LogP) is 2.60. The summed E-state index contributed by atoms with van der Waals surface area (Å²) >= 11 is 1.49. The third kappa shape index (κ3) is 2.47. The molecule has 2 aromatic rings. The first-order valence-electron chi connectivity index (χ1n) is 8.69. The van der Waals surface area contributed by atoms with E-state index < -0.39 is 11.6 Å². The summed E-state index contributed by atoms with van der Waals surface area (Å²) in [6.45, 7) is 3.53. The minimum absolute atomic E-state index is 0.228. The Bertz CT molecular complexity index is 894. The number of thiazole rings is 1. The lowest BCUT2D eigenvalue weighted by atomic mass is 9.98. The van der Waals surface area contributed by atoms with E-state index in [0.29, 0.717) is 18.4 Å². The van der Waals surface area contributed by atoms with Crippen LogP contribution in [0.1, 0.15) is 47.4 Å². The molecule has 1 aliphatic carbocycles. The molecular weight excluding hydrogens is 352 g/mol. The number of aromatic nitrogens is 2. The lowest BCUT2D eigenvalue weighted by Crippen LogP contribution is -2.44. The van der Waals surface area contributed by atoms with Gasteiger partial charge in [-0.3, -0.25) is 19.1 Å². The van der Waals surface area contributed by atoms with Gasteiger partial charge in [0.2, 0.25) is 0 Å². The number of nitrogens with zero attached hydrogens (tertiary/aromatic N) is 3. The van der Waals surface area contributed by atoms with Crippen LogP contribution < -0.4 is 5.32 Å². The van der Waals surface area contributed by atoms with Crippen molar-refractivity contribution in [3.05, 3.63) is 34.6 Å². The Balaban J connectivity index is 1.59. The van der Waals surface area contributed by atoms with Crippen molar-refractivity contribution in [2.75, 3.05) is 6.54 Å². The van der Waals surface area contributed by atoms with Crippen LogP contribution in [0.25, 0.3) is 5.13 Å². The number of hydrogen-bond donors (Lipinski definition) is 1. The molecule has 2 fully saturated rings. The Labute approximate surface area is 155 Å². The summed E-state index contributed by atoms with van der Waals surface area (Å²) in [7, 11) is 0. The van der Waals surface area contributed by atoms with Crippen LogP contribution in [0.3, 0.4) is 0 Å². The van der Waals surface area contributed by atoms with Crippen LogP contribution >= 0.6 is 11.3 Å². The molecule has 8 heteroatoms. The minimum Gasteiger partial charge on any atom is -0.323 e. The first kappa shape index (κ1) is 17.0. The number of ketones is 1. The van der Waals surface area contributed by atoms with Gasteiger partial charge in [-0.05, 0) is 32.8 Å². The quantitative estimate of drug-likeness (QED) is 0.660. The summed E-state index contributed by atoms with van der Waals surface area (Å²) in [4.78, 5) is 43.2. The van der Waals surface area contributed by atoms with Gasteiger partial charge in [0, 0.05) is 28.5 Å². The molecule has 2 aliphatic rings. The average Bonchev–Trinajstić information content (AvgIpc) is 3.36. The molecule has 1 saturated heterocycles. The summed E-state index contributed by atoms with van der Waals surface area (Å²) in [6, 6.07) is 1.34. The van der Waals surface area contributed by atoms with E-state index in [9.17, 15) is 14.4 Å². The van der Waals surface area contributed by atoms with Gasteiger partial charge in [-0.1, -0.05) is 12.8 Å². The van der Waals surface area contributed by atoms with Crippen LogP contribution in [0.15, 0.2) is 17.6 Å². The van der Waals surface area contributed by atoms with Gasteiger partial charge >= 0.3 is 6.03 Å². The highest BCUT2D eigenvalue weighted by molar-refractivity contribution is 7.12. The van der Waals surface area contributed by atoms with Crippen LogP contribution in [-0.2, 0) is 4.79 Å². The fourth-order valence-electron chi connectivity index (χ4n) is 4.03. The zero-order valence-corrected chi connectivity index (χ0v) is 15.6. The lowest BCUT2D eigenvalue weighted by Gasteiger charge is -2.19. The van der Waals surface area contributed by atoms with E-state index in [1.165, 1.54) is 11.3 Å². The largest absolute Gasteiger partial charge is 0.325 e. The predicted molar refractivity (Wildman–Crippen MR) is 96.7 cm³/mol. The maximum atomic E-state index is 12.8. The van der Waals surface area contributed by atoms with E-state index in [0.717, 1.165) is 34.3 Å². The highest BCUT2D eigenvalue weighted by Gasteiger charge is 2.52. The number of amides is 3. The molecule has 7 nitrogen and oxygen atoms in total. The van der Waals surface area contributed by atoms with Crippen molar-refractivity contribution >= 4 is 29.1 Å². The molecule has 3 heterocycles. The number of carbonyl (C=O) groups is 3. The van der Waals surface area contributed by atoms with Gasteiger partial charge < -0.3 is 5.32 Å². The van der Waals surface area contributed by atoms with Gasteiger partial charge in [0.25, 0.3) is 5.91 Å². The van der Waals surface area contributed by atoms with Crippen molar-refractivity contribution in [2.45, 2.75) is 45.1 Å². The molecule has 0 aromatic carbocycles. The van der Waals surface area contributed by atoms with Gasteiger partial charge in [0.1, 0.15) is 5.54 Å². The Morgan fingerprint density at radius 2 is 2.04 bits per heavy atom. The number of carbonyl (C=O) groups excluding carboxylic acids is 3. The van der Waals surface area contributed by atoms with Gasteiger partial charge in [-0.25, -0.2) is 9.78 Å². The molecule has 0 bridgehead atoms. The average molecular weight is 372 g/mol. The Kier molecular flexibility index (Phi) is 3.95. The van der Waals surface area contributed by atoms with Crippen LogP contribution in [-0.4, -0.2) is 44.3 Å². The molecule has 1 aliphatic heterocycles. The van der Waals surface area contributed by atoms with Crippen LogP contribution in [0.5, 0.6) is 0 Å². The normalized spacial score (nSPS) is 18.8. The van der Waals surface area contributed by atoms with Gasteiger partial charge in [-0.15, -0.1) is 11.3 Å². The number of Topliss-reactive ketones (excluding diaryl/α,β-unsaturated/α-hetero) is 1. The molecule has 26 heavy (non-hydrogen) atoms. The standard InChI is InChI=1S/C18H20N4O3S/c1-11-9-13(12(2)22(11)17-19-7-8-26-17)14(23)10-21-15(24)18(20-16(21)25)5-3-4-6-18/h7-9H,3-6,10H2,1-2H3,(H,20,25). The maximum absolute atomic E-state index is 12.8. The molecule has 0 unspecified atom stereocenters. The molecule has 1 spiro atoms. The highest BCUT2D eigenvalue weighted by Crippen LogP contribution is 2.35. The Morgan fingerprint density at radius 3 is 2.69 bits per heavy atom. The number of nitrogens with one attached hydrogen (secondary N) is 1. The summed E-state index contributed by atoms with van der Waals surface area (Å²) in [5.41, 5.74) is 1.40. The SMILES string of the molecule is Cc1cc(C(=O)CN2C(=O)NC3(CCCC3)C2=O)c(C)n1-c1nccs1. The lowest BCUT2D eigenvalue weighted by molar-refractivity contribution is -0.130. The fourth-order valence-corrected chi connectivity index (χ4v) is 4.78. The van der Waals surface area contributed by atoms with Crippen molar-refractivity contribution in [1.82, 2.24) is 19.8 Å². The van der Waals surface area contributed by atoms with Gasteiger partial charge in [0.05, 0.1) is 6.54 Å². The highest BCUT2D eigenvalue weighted by atomic mass is 32.1. The van der Waals surface area contributed by atoms with Crippen molar-refractivity contribution in [3.8, 4) is 5.13 Å². The Hall–Kier alpha value is -2.48. The van der Waals surface area contributed by atoms with Crippen molar-refractivity contribution in [3.63, 3.8) is 0 Å². The van der Waals surface area contributed by atoms with E-state index in [4.69, 9.17) is 0 Å². The number of rotatable bonds is 4. The molecular formula is C18H20N4O3S. The summed E-state index contributed by atoms with van der Waals surface area (Å²) < 4.78 is 1.92. The number of urea groups is 1. The van der Waals surface area contributed by atoms with E-state index >= 15 is 0 Å². The number of hydrogen-bond acceptors (Lipinski definition) is 5. The molecule has 0 radical (unpaired) electrons. The second-order valence-corrected chi connectivity index (χ2v) is 7.84. The van der Waals surface area contributed by atoms with Crippen molar-refractivity contribution < 1.29 is 14.4 Å². The van der Waals surface area contributed by atoms with E-state index in [1.807, 2.05) is 23.8 Å². The zero-order valence-electron chi connectivity index (χ0n) is 14.7. The minimum atomic E-state index is -0.783. The smallest absolute Gasteiger partial charge is 0.323 e. The second kappa shape index (κ2) is 6.05. The van der Waals surface area contributed by atoms with Crippen molar-refractivity contribution in [1.29, 1.82) is 0 Å². The summed E-state index contributed by atoms with van der Waals surface area (Å²) in [5, 5.41) is 5.48. The first-order valence-corrected chi connectivity index (χ1v) is 9.57. The first-order chi connectivity index (χ1) is 12.4. The third-order valence-electron chi connectivity index (χ3n) is 5.35. The van der Waals surface area contributed by atoms with E-state index in [2.05, 4.69) is 10.3 Å². The number of aryl methyl sites for hydroxylation is 1. The Morgan fingerprint density at radius 1 is 1.31 bits per heavy atom. The molecule has 0 atom stereocenters. The monoisotopic (exact) mass is 372 g/mol. The molecule has 4 rings (SSSR count). The van der Waals surface area contributed by atoms with E-state index in [1.54, 1.807) is 12.3 Å². The third-order valence-corrected chi connectivity index (χ3v) is 6.10. The maximum Gasteiger partial charge on any atom is 0.325 e.